The first-order chi connectivity index (χ1) is 9.37. The molecule has 0 aliphatic rings. The van der Waals surface area contributed by atoms with Crippen molar-refractivity contribution in [1.82, 2.24) is 10.6 Å². The lowest BCUT2D eigenvalue weighted by atomic mass is 10.0. The summed E-state index contributed by atoms with van der Waals surface area (Å²) >= 11 is 0. The van der Waals surface area contributed by atoms with Gasteiger partial charge in [0.2, 0.25) is 0 Å². The van der Waals surface area contributed by atoms with Gasteiger partial charge in [-0.1, -0.05) is 20.8 Å². The molecule has 0 saturated carbocycles. The molecule has 0 heterocycles. The molecular formula is C13H21N3O4. The Bertz CT molecular complexity index is 408. The zero-order valence-corrected chi connectivity index (χ0v) is 11.9. The molecule has 2 unspecified atom stereocenters. The molecule has 0 fully saturated rings. The van der Waals surface area contributed by atoms with Crippen LogP contribution < -0.4 is 10.6 Å². The Morgan fingerprint density at radius 1 is 1.40 bits per heavy atom. The quantitative estimate of drug-likeness (QED) is 0.367. The first kappa shape index (κ1) is 17.9. The highest BCUT2D eigenvalue weighted by molar-refractivity contribution is 5.99. The van der Waals surface area contributed by atoms with Crippen molar-refractivity contribution < 1.29 is 19.8 Å². The summed E-state index contributed by atoms with van der Waals surface area (Å²) in [7, 11) is 0. The van der Waals surface area contributed by atoms with Crippen molar-refractivity contribution in [1.29, 1.82) is 5.26 Å². The molecule has 0 aliphatic carbocycles. The van der Waals surface area contributed by atoms with Gasteiger partial charge in [-0.25, -0.2) is 4.79 Å². The minimum Gasteiger partial charge on any atom is -0.480 e. The minimum absolute atomic E-state index is 0.128. The second-order valence-corrected chi connectivity index (χ2v) is 4.66. The average Bonchev–Trinajstić information content (AvgIpc) is 2.40. The molecule has 0 saturated heterocycles. The van der Waals surface area contributed by atoms with Crippen molar-refractivity contribution in [3.8, 4) is 6.07 Å². The number of nitrogens with zero attached hydrogens (tertiary/aromatic N) is 1. The molecule has 0 aromatic carbocycles. The summed E-state index contributed by atoms with van der Waals surface area (Å²) in [5.74, 6) is -2.21. The van der Waals surface area contributed by atoms with Gasteiger partial charge in [0.15, 0.2) is 0 Å². The smallest absolute Gasteiger partial charge is 0.326 e. The van der Waals surface area contributed by atoms with Gasteiger partial charge in [0.05, 0.1) is 6.61 Å². The number of hydrogen-bond acceptors (Lipinski definition) is 5. The fourth-order valence-electron chi connectivity index (χ4n) is 1.38. The molecule has 2 atom stereocenters. The molecular weight excluding hydrogens is 262 g/mol. The zero-order valence-electron chi connectivity index (χ0n) is 11.9. The van der Waals surface area contributed by atoms with Crippen molar-refractivity contribution in [2.75, 3.05) is 6.61 Å². The lowest BCUT2D eigenvalue weighted by Gasteiger charge is -2.18. The van der Waals surface area contributed by atoms with E-state index in [-0.39, 0.29) is 24.1 Å². The van der Waals surface area contributed by atoms with E-state index in [0.29, 0.717) is 6.42 Å². The summed E-state index contributed by atoms with van der Waals surface area (Å²) in [4.78, 5) is 22.8. The Balaban J connectivity index is 4.82. The van der Waals surface area contributed by atoms with Gasteiger partial charge < -0.3 is 20.8 Å². The van der Waals surface area contributed by atoms with Crippen LogP contribution in [0.2, 0.25) is 0 Å². The highest BCUT2D eigenvalue weighted by Crippen LogP contribution is 2.03. The van der Waals surface area contributed by atoms with E-state index in [1.165, 1.54) is 6.20 Å². The molecule has 0 aromatic heterocycles. The summed E-state index contributed by atoms with van der Waals surface area (Å²) < 4.78 is 0. The van der Waals surface area contributed by atoms with Crippen molar-refractivity contribution in [2.45, 2.75) is 39.3 Å². The van der Waals surface area contributed by atoms with Crippen molar-refractivity contribution in [3.63, 3.8) is 0 Å². The van der Waals surface area contributed by atoms with E-state index >= 15 is 0 Å². The molecule has 0 radical (unpaired) electrons. The third kappa shape index (κ3) is 5.71. The van der Waals surface area contributed by atoms with Gasteiger partial charge in [0.25, 0.3) is 5.91 Å². The highest BCUT2D eigenvalue weighted by Gasteiger charge is 2.24. The van der Waals surface area contributed by atoms with Gasteiger partial charge in [-0.3, -0.25) is 4.79 Å². The van der Waals surface area contributed by atoms with E-state index < -0.39 is 17.9 Å². The number of aliphatic carboxylic acids is 1. The van der Waals surface area contributed by atoms with Crippen LogP contribution >= 0.6 is 0 Å². The molecule has 20 heavy (non-hydrogen) atoms. The maximum absolute atomic E-state index is 11.8. The first-order valence-electron chi connectivity index (χ1n) is 6.38. The monoisotopic (exact) mass is 283 g/mol. The first-order valence-corrected chi connectivity index (χ1v) is 6.38. The molecule has 7 nitrogen and oxygen atoms in total. The number of hydrogen-bond donors (Lipinski definition) is 4. The third-order valence-corrected chi connectivity index (χ3v) is 2.76. The average molecular weight is 283 g/mol. The maximum Gasteiger partial charge on any atom is 0.326 e. The van der Waals surface area contributed by atoms with Gasteiger partial charge in [-0.2, -0.15) is 5.26 Å². The molecule has 0 aromatic rings. The van der Waals surface area contributed by atoms with Gasteiger partial charge >= 0.3 is 5.97 Å². The Morgan fingerprint density at radius 2 is 2.00 bits per heavy atom. The van der Waals surface area contributed by atoms with E-state index in [9.17, 15) is 9.59 Å². The van der Waals surface area contributed by atoms with Crippen LogP contribution in [0.5, 0.6) is 0 Å². The normalized spacial score (nSPS) is 14.3. The summed E-state index contributed by atoms with van der Waals surface area (Å²) in [6.45, 7) is 5.03. The number of carboxylic acid groups (broad SMARTS) is 1. The fraction of sp³-hybridized carbons (Fsp3) is 0.615. The molecule has 0 spiro atoms. The van der Waals surface area contributed by atoms with Crippen LogP contribution in [-0.4, -0.2) is 40.8 Å². The predicted molar refractivity (Wildman–Crippen MR) is 72.4 cm³/mol. The molecule has 7 heteroatoms. The van der Waals surface area contributed by atoms with Crippen LogP contribution in [0.3, 0.4) is 0 Å². The number of aliphatic hydroxyl groups is 1. The third-order valence-electron chi connectivity index (χ3n) is 2.76. The predicted octanol–water partition coefficient (Wildman–Crippen LogP) is -0.0202. The highest BCUT2D eigenvalue weighted by atomic mass is 16.4. The van der Waals surface area contributed by atoms with Gasteiger partial charge in [-0.15, -0.1) is 0 Å². The number of carbonyl (C=O) groups is 2. The lowest BCUT2D eigenvalue weighted by Crippen LogP contribution is -2.45. The second-order valence-electron chi connectivity index (χ2n) is 4.66. The summed E-state index contributed by atoms with van der Waals surface area (Å²) in [5, 5.41) is 31.9. The molecule has 0 rings (SSSR count). The second kappa shape index (κ2) is 8.93. The Hall–Kier alpha value is -2.07. The molecule has 4 N–H and O–H groups in total. The molecule has 0 bridgehead atoms. The lowest BCUT2D eigenvalue weighted by molar-refractivity contribution is -0.142. The number of nitriles is 1. The van der Waals surface area contributed by atoms with E-state index in [4.69, 9.17) is 15.5 Å². The standard InChI is InChI=1S/C13H21N3O4/c1-4-10(7-17)15-6-9(5-14)12(18)16-11(8(2)3)13(19)20/h6,8,10-11,15,17H,4,7H2,1-3H3,(H,16,18)(H,19,20)/b9-6-. The van der Waals surface area contributed by atoms with E-state index in [1.54, 1.807) is 19.9 Å². The van der Waals surface area contributed by atoms with Gasteiger partial charge in [-0.05, 0) is 12.3 Å². The fourth-order valence-corrected chi connectivity index (χ4v) is 1.38. The zero-order chi connectivity index (χ0) is 15.7. The van der Waals surface area contributed by atoms with Gasteiger partial charge in [0, 0.05) is 12.2 Å². The maximum atomic E-state index is 11.8. The van der Waals surface area contributed by atoms with Crippen LogP contribution in [0.4, 0.5) is 0 Å². The van der Waals surface area contributed by atoms with Crippen LogP contribution in [0.25, 0.3) is 0 Å². The Morgan fingerprint density at radius 3 is 2.35 bits per heavy atom. The summed E-state index contributed by atoms with van der Waals surface area (Å²) in [5.41, 5.74) is -0.233. The Kier molecular flexibility index (Phi) is 8.01. The van der Waals surface area contributed by atoms with Crippen LogP contribution in [0, 0.1) is 17.2 Å². The van der Waals surface area contributed by atoms with Crippen LogP contribution in [0.1, 0.15) is 27.2 Å². The Labute approximate surface area is 118 Å². The van der Waals surface area contributed by atoms with Gasteiger partial charge in [0.1, 0.15) is 17.7 Å². The largest absolute Gasteiger partial charge is 0.480 e. The SMILES string of the molecule is CCC(CO)N/C=C(/C#N)C(=O)NC(C(=O)O)C(C)C. The molecule has 1 amide bonds. The van der Waals surface area contributed by atoms with E-state index in [1.807, 2.05) is 6.92 Å². The van der Waals surface area contributed by atoms with Crippen molar-refractivity contribution in [2.24, 2.45) is 5.92 Å². The minimum atomic E-state index is -1.15. The van der Waals surface area contributed by atoms with E-state index in [2.05, 4.69) is 10.6 Å². The molecule has 0 aliphatic heterocycles. The van der Waals surface area contributed by atoms with Crippen molar-refractivity contribution in [3.05, 3.63) is 11.8 Å². The number of carbonyl (C=O) groups excluding carboxylic acids is 1. The van der Waals surface area contributed by atoms with E-state index in [0.717, 1.165) is 0 Å². The topological polar surface area (TPSA) is 122 Å². The number of nitrogens with one attached hydrogen (secondary N) is 2. The number of carboxylic acids is 1. The number of aliphatic hydroxyl groups excluding tert-OH is 1. The van der Waals surface area contributed by atoms with Crippen LogP contribution in [0.15, 0.2) is 11.8 Å². The summed E-state index contributed by atoms with van der Waals surface area (Å²) in [6, 6.07) is 0.386. The number of amides is 1. The van der Waals surface area contributed by atoms with Crippen molar-refractivity contribution >= 4 is 11.9 Å². The summed E-state index contributed by atoms with van der Waals surface area (Å²) in [6.07, 6.45) is 1.82. The van der Waals surface area contributed by atoms with Crippen LogP contribution in [-0.2, 0) is 9.59 Å². The molecule has 112 valence electrons. The number of rotatable bonds is 8.